The van der Waals surface area contributed by atoms with Gasteiger partial charge in [0.1, 0.15) is 0 Å². The quantitative estimate of drug-likeness (QED) is 0.409. The SMILES string of the molecule is [Ce+3].[GeH2-].[GeH2-].[GeH2-]. The van der Waals surface area contributed by atoms with Crippen LogP contribution >= 0.6 is 0 Å². The maximum atomic E-state index is 0. The van der Waals surface area contributed by atoms with Crippen molar-refractivity contribution < 1.29 is 41.7 Å². The van der Waals surface area contributed by atoms with Gasteiger partial charge >= 0.3 is 94.5 Å². The normalized spacial score (nSPS) is 0. The Bertz CT molecular complexity index is 3.25. The molecule has 0 N–H and O–H groups in total. The second-order valence-electron chi connectivity index (χ2n) is 0. The van der Waals surface area contributed by atoms with Gasteiger partial charge in [0.15, 0.2) is 0 Å². The fourth-order valence-electron chi connectivity index (χ4n) is 0. The first-order valence-corrected chi connectivity index (χ1v) is 0. The molecule has 0 spiro atoms. The van der Waals surface area contributed by atoms with Gasteiger partial charge in [0.2, 0.25) is 0 Å². The Morgan fingerprint density at radius 2 is 0.500 bits per heavy atom. The van der Waals surface area contributed by atoms with Crippen LogP contribution < -0.4 is 0 Å². The van der Waals surface area contributed by atoms with Crippen molar-refractivity contribution in [2.24, 2.45) is 0 Å². The molecule has 0 rings (SSSR count). The van der Waals surface area contributed by atoms with Crippen molar-refractivity contribution in [2.75, 3.05) is 0 Å². The molecular weight excluding hydrogens is 358 g/mol. The summed E-state index contributed by atoms with van der Waals surface area (Å²) >= 11 is 0. The van der Waals surface area contributed by atoms with E-state index in [1.54, 1.807) is 0 Å². The summed E-state index contributed by atoms with van der Waals surface area (Å²) in [7, 11) is 0. The molecule has 0 saturated heterocycles. The predicted octanol–water partition coefficient (Wildman–Crippen LogP) is -2.75. The summed E-state index contributed by atoms with van der Waals surface area (Å²) in [5.41, 5.74) is 0. The van der Waals surface area contributed by atoms with Gasteiger partial charge in [-0.2, -0.15) is 0 Å². The van der Waals surface area contributed by atoms with E-state index in [2.05, 4.69) is 0 Å². The van der Waals surface area contributed by atoms with Crippen molar-refractivity contribution in [3.8, 4) is 0 Å². The molecule has 0 aromatic rings. The Morgan fingerprint density at radius 3 is 0.500 bits per heavy atom. The maximum absolute atomic E-state index is 0. The minimum absolute atomic E-state index is 0. The van der Waals surface area contributed by atoms with Crippen LogP contribution in [0.15, 0.2) is 0 Å². The summed E-state index contributed by atoms with van der Waals surface area (Å²) in [5.74, 6) is 0. The molecule has 0 aromatic heterocycles. The zero-order chi connectivity index (χ0) is 0. The Kier molecular flexibility index (Phi) is 116. The van der Waals surface area contributed by atoms with E-state index >= 15 is 0 Å². The van der Waals surface area contributed by atoms with E-state index in [9.17, 15) is 0 Å². The molecule has 0 fully saturated rings. The molecule has 0 aromatic carbocycles. The fraction of sp³-hybridized carbons (Fsp3) is 0. The minimum atomic E-state index is 0. The second kappa shape index (κ2) is 16.7. The van der Waals surface area contributed by atoms with Crippen LogP contribution in [0.3, 0.4) is 0 Å². The Balaban J connectivity index is 0. The summed E-state index contributed by atoms with van der Waals surface area (Å²) in [5, 5.41) is 0. The summed E-state index contributed by atoms with van der Waals surface area (Å²) in [6.07, 6.45) is 0. The van der Waals surface area contributed by atoms with Crippen molar-refractivity contribution in [2.45, 2.75) is 0 Å². The third-order valence-corrected chi connectivity index (χ3v) is 0. The van der Waals surface area contributed by atoms with Gasteiger partial charge < -0.3 is 0 Å². The van der Waals surface area contributed by atoms with Crippen LogP contribution in [0.4, 0.5) is 0 Å². The first-order chi connectivity index (χ1) is 0. The summed E-state index contributed by atoms with van der Waals surface area (Å²) in [6.45, 7) is 0. The summed E-state index contributed by atoms with van der Waals surface area (Å²) in [4.78, 5) is 0. The van der Waals surface area contributed by atoms with Crippen LogP contribution in [0.25, 0.3) is 0 Å². The molecule has 0 nitrogen and oxygen atoms in total. The van der Waals surface area contributed by atoms with Crippen molar-refractivity contribution in [3.63, 3.8) is 0 Å². The summed E-state index contributed by atoms with van der Waals surface area (Å²) in [6, 6.07) is 0. The van der Waals surface area contributed by atoms with Gasteiger partial charge in [-0.25, -0.2) is 0 Å². The standard InChI is InChI=1S/Ce.3GeH2/h;3*1H2/q+3;3*-1. The molecule has 0 atom stereocenters. The molecule has 0 unspecified atom stereocenters. The predicted molar refractivity (Wildman–Crippen MR) is 25.6 cm³/mol. The van der Waals surface area contributed by atoms with E-state index in [-0.39, 0.29) is 94.5 Å². The summed E-state index contributed by atoms with van der Waals surface area (Å²) < 4.78 is 0. The van der Waals surface area contributed by atoms with Crippen LogP contribution in [0.2, 0.25) is 0 Å². The Hall–Kier alpha value is 3.01. The first-order valence-electron chi connectivity index (χ1n) is 0. The van der Waals surface area contributed by atoms with Gasteiger partial charge in [-0.05, 0) is 0 Å². The van der Waals surface area contributed by atoms with E-state index in [0.717, 1.165) is 0 Å². The monoisotopic (exact) mass is 368 g/mol. The number of rotatable bonds is 0. The van der Waals surface area contributed by atoms with Crippen molar-refractivity contribution in [1.82, 2.24) is 0 Å². The Morgan fingerprint density at radius 1 is 0.500 bits per heavy atom. The number of hydrogen-bond acceptors (Lipinski definition) is 0. The molecule has 0 saturated carbocycles. The van der Waals surface area contributed by atoms with Crippen molar-refractivity contribution >= 4 is 52.8 Å². The average molecular weight is 364 g/mol. The molecular formula is H6CeGe3. The first kappa shape index (κ1) is 28.0. The van der Waals surface area contributed by atoms with Gasteiger partial charge in [-0.3, -0.25) is 0 Å². The molecule has 4 heteroatoms. The Labute approximate surface area is 92.5 Å². The van der Waals surface area contributed by atoms with Gasteiger partial charge in [-0.1, -0.05) is 0 Å². The van der Waals surface area contributed by atoms with Gasteiger partial charge in [0, 0.05) is 0 Å². The zero-order valence-corrected chi connectivity index (χ0v) is 14.7. The average Bonchev–Trinajstić information content (AvgIpc) is 0. The molecule has 0 heterocycles. The third kappa shape index (κ3) is 8.89. The van der Waals surface area contributed by atoms with Crippen LogP contribution in [-0.2, 0) is 0 Å². The molecule has 4 heavy (non-hydrogen) atoms. The van der Waals surface area contributed by atoms with Crippen molar-refractivity contribution in [3.05, 3.63) is 0 Å². The fourth-order valence-corrected chi connectivity index (χ4v) is 0. The van der Waals surface area contributed by atoms with E-state index in [1.165, 1.54) is 0 Å². The van der Waals surface area contributed by atoms with Gasteiger partial charge in [0.05, 0.1) is 0 Å². The number of hydrogen-bond donors (Lipinski definition) is 0. The molecule has 0 amide bonds. The van der Waals surface area contributed by atoms with Crippen molar-refractivity contribution in [1.29, 1.82) is 0 Å². The molecule has 0 aliphatic heterocycles. The molecule has 22 valence electrons. The molecule has 0 aliphatic rings. The van der Waals surface area contributed by atoms with Crippen LogP contribution in [-0.4, -0.2) is 52.8 Å². The topological polar surface area (TPSA) is 0 Å². The van der Waals surface area contributed by atoms with E-state index < -0.39 is 0 Å². The second-order valence-corrected chi connectivity index (χ2v) is 0. The van der Waals surface area contributed by atoms with E-state index in [4.69, 9.17) is 0 Å². The van der Waals surface area contributed by atoms with Crippen LogP contribution in [0, 0.1) is 41.7 Å². The molecule has 4 radical (unpaired) electrons. The molecule has 0 aliphatic carbocycles. The van der Waals surface area contributed by atoms with Crippen LogP contribution in [0.1, 0.15) is 0 Å². The van der Waals surface area contributed by atoms with E-state index in [1.807, 2.05) is 0 Å². The van der Waals surface area contributed by atoms with Crippen LogP contribution in [0.5, 0.6) is 0 Å². The van der Waals surface area contributed by atoms with E-state index in [0.29, 0.717) is 0 Å². The van der Waals surface area contributed by atoms with Gasteiger partial charge in [-0.15, -0.1) is 0 Å². The third-order valence-electron chi connectivity index (χ3n) is 0. The van der Waals surface area contributed by atoms with Gasteiger partial charge in [0.25, 0.3) is 0 Å². The zero-order valence-electron chi connectivity index (χ0n) is 2.62. The molecule has 0 bridgehead atoms.